The molecule has 29 heavy (non-hydrogen) atoms. The highest BCUT2D eigenvalue weighted by Gasteiger charge is 2.23. The molecule has 3 aromatic rings. The van der Waals surface area contributed by atoms with E-state index in [0.29, 0.717) is 18.1 Å². The summed E-state index contributed by atoms with van der Waals surface area (Å²) in [6.45, 7) is 2.49. The number of hydrogen-bond donors (Lipinski definition) is 0. The predicted octanol–water partition coefficient (Wildman–Crippen LogP) is 2.27. The van der Waals surface area contributed by atoms with Crippen LogP contribution in [0.25, 0.3) is 0 Å². The number of carbonyl (C=O) groups is 1. The molecule has 1 heterocycles. The molecule has 0 saturated carbocycles. The number of esters is 1. The summed E-state index contributed by atoms with van der Waals surface area (Å²) in [6.07, 6.45) is 0.834. The topological polar surface area (TPSA) is 107 Å². The number of sulfonamides is 1. The van der Waals surface area contributed by atoms with Gasteiger partial charge in [-0.3, -0.25) is 4.31 Å². The summed E-state index contributed by atoms with van der Waals surface area (Å²) in [4.78, 5) is 12.4. The van der Waals surface area contributed by atoms with E-state index in [0.717, 1.165) is 10.7 Å². The number of aryl methyl sites for hydroxylation is 1. The van der Waals surface area contributed by atoms with Crippen molar-refractivity contribution in [3.05, 3.63) is 66.0 Å². The summed E-state index contributed by atoms with van der Waals surface area (Å²) in [5.74, 6) is -0.233. The Morgan fingerprint density at radius 1 is 1.14 bits per heavy atom. The van der Waals surface area contributed by atoms with E-state index in [-0.39, 0.29) is 17.1 Å². The normalized spacial score (nSPS) is 11.2. The lowest BCUT2D eigenvalue weighted by molar-refractivity contribution is 0.0456. The van der Waals surface area contributed by atoms with E-state index in [1.165, 1.54) is 31.3 Å². The third kappa shape index (κ3) is 4.60. The number of hydrogen-bond acceptors (Lipinski definition) is 7. The molecular weight excluding hydrogens is 394 g/mol. The first-order chi connectivity index (χ1) is 13.9. The van der Waals surface area contributed by atoms with Crippen LogP contribution in [-0.4, -0.2) is 41.6 Å². The van der Waals surface area contributed by atoms with Crippen LogP contribution >= 0.6 is 0 Å². The van der Waals surface area contributed by atoms with Crippen LogP contribution in [-0.2, 0) is 27.9 Å². The second kappa shape index (κ2) is 8.82. The SMILES string of the molecule is CCCn1nnnc1COC(=O)c1cccc(S(=O)(=O)N(C)c2ccccc2)c1. The monoisotopic (exact) mass is 415 g/mol. The standard InChI is InChI=1S/C19H21N5O4S/c1-3-12-24-18(20-21-22-24)14-28-19(25)15-8-7-11-17(13-15)29(26,27)23(2)16-9-5-4-6-10-16/h4-11,13H,3,12,14H2,1-2H3. The molecule has 0 radical (unpaired) electrons. The van der Waals surface area contributed by atoms with Crippen molar-refractivity contribution >= 4 is 21.7 Å². The van der Waals surface area contributed by atoms with E-state index >= 15 is 0 Å². The number of carbonyl (C=O) groups excluding carboxylic acids is 1. The maximum Gasteiger partial charge on any atom is 0.338 e. The van der Waals surface area contributed by atoms with E-state index in [4.69, 9.17) is 4.74 Å². The average Bonchev–Trinajstić information content (AvgIpc) is 3.19. The van der Waals surface area contributed by atoms with Gasteiger partial charge in [-0.15, -0.1) is 5.10 Å². The minimum atomic E-state index is -3.83. The van der Waals surface area contributed by atoms with Crippen LogP contribution in [0.5, 0.6) is 0 Å². The van der Waals surface area contributed by atoms with Crippen molar-refractivity contribution < 1.29 is 17.9 Å². The van der Waals surface area contributed by atoms with Crippen molar-refractivity contribution in [3.63, 3.8) is 0 Å². The fraction of sp³-hybridized carbons (Fsp3) is 0.263. The van der Waals surface area contributed by atoms with Crippen molar-refractivity contribution in [2.24, 2.45) is 0 Å². The maximum absolute atomic E-state index is 12.9. The first-order valence-electron chi connectivity index (χ1n) is 8.99. The molecule has 1 aromatic heterocycles. The Balaban J connectivity index is 1.76. The lowest BCUT2D eigenvalue weighted by Crippen LogP contribution is -2.26. The largest absolute Gasteiger partial charge is 0.454 e. The number of aromatic nitrogens is 4. The number of rotatable bonds is 8. The molecule has 0 amide bonds. The van der Waals surface area contributed by atoms with Gasteiger partial charge in [-0.05, 0) is 47.2 Å². The van der Waals surface area contributed by atoms with Crippen LogP contribution in [0.4, 0.5) is 5.69 Å². The first kappa shape index (κ1) is 20.5. The molecule has 0 bridgehead atoms. The second-order valence-electron chi connectivity index (χ2n) is 6.23. The van der Waals surface area contributed by atoms with Crippen LogP contribution in [0.15, 0.2) is 59.5 Å². The number of ether oxygens (including phenoxy) is 1. The summed E-state index contributed by atoms with van der Waals surface area (Å²) >= 11 is 0. The van der Waals surface area contributed by atoms with Gasteiger partial charge in [0.25, 0.3) is 10.0 Å². The molecule has 0 fully saturated rings. The molecule has 3 rings (SSSR count). The highest BCUT2D eigenvalue weighted by molar-refractivity contribution is 7.92. The summed E-state index contributed by atoms with van der Waals surface area (Å²) in [5, 5.41) is 11.2. The van der Waals surface area contributed by atoms with Gasteiger partial charge in [0.1, 0.15) is 0 Å². The van der Waals surface area contributed by atoms with E-state index in [2.05, 4.69) is 15.5 Å². The molecule has 0 aliphatic rings. The molecule has 9 nitrogen and oxygen atoms in total. The van der Waals surface area contributed by atoms with Gasteiger partial charge in [-0.25, -0.2) is 17.9 Å². The Labute approximate surface area is 169 Å². The Hall–Kier alpha value is -3.27. The molecule has 0 saturated heterocycles. The zero-order chi connectivity index (χ0) is 20.9. The summed E-state index contributed by atoms with van der Waals surface area (Å²) in [6, 6.07) is 14.4. The van der Waals surface area contributed by atoms with Gasteiger partial charge in [-0.1, -0.05) is 31.2 Å². The zero-order valence-electron chi connectivity index (χ0n) is 16.1. The van der Waals surface area contributed by atoms with E-state index < -0.39 is 16.0 Å². The van der Waals surface area contributed by atoms with Gasteiger partial charge in [0.2, 0.25) is 0 Å². The maximum atomic E-state index is 12.9. The number of nitrogens with zero attached hydrogens (tertiary/aromatic N) is 5. The molecule has 10 heteroatoms. The Kier molecular flexibility index (Phi) is 6.23. The summed E-state index contributed by atoms with van der Waals surface area (Å²) < 4.78 is 33.8. The molecule has 0 unspecified atom stereocenters. The molecule has 0 atom stereocenters. The quantitative estimate of drug-likeness (QED) is 0.519. The van der Waals surface area contributed by atoms with Crippen LogP contribution in [0.2, 0.25) is 0 Å². The van der Waals surface area contributed by atoms with Gasteiger partial charge in [0.05, 0.1) is 16.1 Å². The van der Waals surface area contributed by atoms with Crippen molar-refractivity contribution in [1.29, 1.82) is 0 Å². The number of tetrazole rings is 1. The number of benzene rings is 2. The third-order valence-corrected chi connectivity index (χ3v) is 6.00. The van der Waals surface area contributed by atoms with Gasteiger partial charge in [-0.2, -0.15) is 0 Å². The third-order valence-electron chi connectivity index (χ3n) is 4.22. The average molecular weight is 415 g/mol. The van der Waals surface area contributed by atoms with Crippen molar-refractivity contribution in [3.8, 4) is 0 Å². The fourth-order valence-corrected chi connectivity index (χ4v) is 3.89. The van der Waals surface area contributed by atoms with Gasteiger partial charge < -0.3 is 4.74 Å². The van der Waals surface area contributed by atoms with Crippen molar-refractivity contribution in [1.82, 2.24) is 20.2 Å². The van der Waals surface area contributed by atoms with Gasteiger partial charge in [0.15, 0.2) is 12.4 Å². The lowest BCUT2D eigenvalue weighted by Gasteiger charge is -2.19. The minimum Gasteiger partial charge on any atom is -0.454 e. The Morgan fingerprint density at radius 2 is 1.90 bits per heavy atom. The van der Waals surface area contributed by atoms with Crippen LogP contribution in [0.1, 0.15) is 29.5 Å². The van der Waals surface area contributed by atoms with E-state index in [1.807, 2.05) is 6.92 Å². The van der Waals surface area contributed by atoms with E-state index in [9.17, 15) is 13.2 Å². The first-order valence-corrected chi connectivity index (χ1v) is 10.4. The van der Waals surface area contributed by atoms with Crippen LogP contribution < -0.4 is 4.31 Å². The molecule has 0 spiro atoms. The molecule has 2 aromatic carbocycles. The Bertz CT molecular complexity index is 1080. The number of para-hydroxylation sites is 1. The highest BCUT2D eigenvalue weighted by Crippen LogP contribution is 2.22. The Morgan fingerprint density at radius 3 is 2.62 bits per heavy atom. The van der Waals surface area contributed by atoms with Gasteiger partial charge >= 0.3 is 5.97 Å². The second-order valence-corrected chi connectivity index (χ2v) is 8.20. The van der Waals surface area contributed by atoms with Gasteiger partial charge in [0, 0.05) is 13.6 Å². The van der Waals surface area contributed by atoms with Crippen LogP contribution in [0.3, 0.4) is 0 Å². The summed E-state index contributed by atoms with van der Waals surface area (Å²) in [7, 11) is -2.37. The predicted molar refractivity (Wildman–Crippen MR) is 106 cm³/mol. The number of anilines is 1. The fourth-order valence-electron chi connectivity index (χ4n) is 2.64. The molecular formula is C19H21N5O4S. The van der Waals surface area contributed by atoms with E-state index in [1.54, 1.807) is 35.0 Å². The lowest BCUT2D eigenvalue weighted by atomic mass is 10.2. The molecule has 0 aliphatic heterocycles. The zero-order valence-corrected chi connectivity index (χ0v) is 16.9. The van der Waals surface area contributed by atoms with Crippen molar-refractivity contribution in [2.45, 2.75) is 31.4 Å². The molecule has 0 aliphatic carbocycles. The minimum absolute atomic E-state index is 0.00544. The van der Waals surface area contributed by atoms with Crippen molar-refractivity contribution in [2.75, 3.05) is 11.4 Å². The van der Waals surface area contributed by atoms with Crippen LogP contribution in [0, 0.1) is 0 Å². The summed E-state index contributed by atoms with van der Waals surface area (Å²) in [5.41, 5.74) is 0.644. The molecule has 0 N–H and O–H groups in total. The molecule has 152 valence electrons. The smallest absolute Gasteiger partial charge is 0.338 e. The highest BCUT2D eigenvalue weighted by atomic mass is 32.2.